The molecule has 31 heavy (non-hydrogen) atoms. The van der Waals surface area contributed by atoms with E-state index in [9.17, 15) is 4.79 Å². The number of benzene rings is 1. The molecule has 0 bridgehead atoms. The van der Waals surface area contributed by atoms with Crippen molar-refractivity contribution in [2.45, 2.75) is 129 Å². The Hall–Kier alpha value is -1.35. The van der Waals surface area contributed by atoms with Crippen molar-refractivity contribution in [2.75, 3.05) is 6.61 Å². The molecule has 1 aromatic carbocycles. The normalized spacial score (nSPS) is 11.6. The third kappa shape index (κ3) is 14.4. The molecule has 0 aliphatic heterocycles. The number of aliphatic hydroxyl groups is 1. The third-order valence-electron chi connectivity index (χ3n) is 5.96. The zero-order valence-corrected chi connectivity index (χ0v) is 20.6. The monoisotopic (exact) mass is 432 g/mol. The second kappa shape index (κ2) is 17.2. The van der Waals surface area contributed by atoms with Gasteiger partial charge in [-0.25, -0.2) is 0 Å². The van der Waals surface area contributed by atoms with Crippen molar-refractivity contribution in [3.63, 3.8) is 0 Å². The van der Waals surface area contributed by atoms with Gasteiger partial charge in [0.25, 0.3) is 0 Å². The molecule has 0 fully saturated rings. The van der Waals surface area contributed by atoms with Gasteiger partial charge in [0, 0.05) is 18.6 Å². The fourth-order valence-electron chi connectivity index (χ4n) is 4.03. The van der Waals surface area contributed by atoms with Gasteiger partial charge in [0.1, 0.15) is 5.75 Å². The molecule has 3 nitrogen and oxygen atoms in total. The van der Waals surface area contributed by atoms with Crippen LogP contribution in [0.4, 0.5) is 0 Å². The number of carbonyl (C=O) groups excluding carboxylic acids is 1. The molecule has 0 amide bonds. The summed E-state index contributed by atoms with van der Waals surface area (Å²) in [5.41, 5.74) is 1.05. The van der Waals surface area contributed by atoms with E-state index in [-0.39, 0.29) is 11.4 Å². The highest BCUT2D eigenvalue weighted by Gasteiger charge is 2.19. The van der Waals surface area contributed by atoms with E-state index in [0.717, 1.165) is 24.8 Å². The van der Waals surface area contributed by atoms with Crippen molar-refractivity contribution in [3.8, 4) is 5.75 Å². The van der Waals surface area contributed by atoms with E-state index in [2.05, 4.69) is 20.8 Å². The van der Waals surface area contributed by atoms with Crippen molar-refractivity contribution in [2.24, 2.45) is 0 Å². The minimum atomic E-state index is -0.106. The van der Waals surface area contributed by atoms with Crippen LogP contribution < -0.4 is 4.74 Å². The summed E-state index contributed by atoms with van der Waals surface area (Å²) in [6.07, 6.45) is 19.3. The SMILES string of the molecule is CC(C)(C)c1ccccc1OC(=O)CCCCCCCCCCCCCCCCCO. The molecule has 1 aromatic rings. The first-order valence-corrected chi connectivity index (χ1v) is 12.9. The highest BCUT2D eigenvalue weighted by Crippen LogP contribution is 2.31. The Balaban J connectivity index is 1.94. The summed E-state index contributed by atoms with van der Waals surface area (Å²) >= 11 is 0. The minimum absolute atomic E-state index is 0.0303. The van der Waals surface area contributed by atoms with Crippen LogP contribution in [0, 0.1) is 0 Å². The van der Waals surface area contributed by atoms with Crippen LogP contribution >= 0.6 is 0 Å². The molecule has 178 valence electrons. The van der Waals surface area contributed by atoms with E-state index in [4.69, 9.17) is 9.84 Å². The lowest BCUT2D eigenvalue weighted by Gasteiger charge is -2.22. The lowest BCUT2D eigenvalue weighted by molar-refractivity contribution is -0.134. The molecule has 0 radical (unpaired) electrons. The Morgan fingerprint density at radius 3 is 1.58 bits per heavy atom. The molecule has 0 saturated carbocycles. The summed E-state index contributed by atoms with van der Waals surface area (Å²) in [5, 5.41) is 8.75. The van der Waals surface area contributed by atoms with Crippen molar-refractivity contribution in [1.29, 1.82) is 0 Å². The van der Waals surface area contributed by atoms with Gasteiger partial charge in [-0.15, -0.1) is 0 Å². The molecule has 3 heteroatoms. The standard InChI is InChI=1S/C28H48O3/c1-28(2,3)25-21-18-19-22-26(25)31-27(30)23-17-15-13-11-9-7-5-4-6-8-10-12-14-16-20-24-29/h18-19,21-22,29H,4-17,20,23-24H2,1-3H3. The average Bonchev–Trinajstić information content (AvgIpc) is 2.73. The summed E-state index contributed by atoms with van der Waals surface area (Å²) < 4.78 is 5.65. The molecule has 1 rings (SSSR count). The molecule has 0 spiro atoms. The van der Waals surface area contributed by atoms with Crippen LogP contribution in [0.2, 0.25) is 0 Å². The predicted molar refractivity (Wildman–Crippen MR) is 132 cm³/mol. The quantitative estimate of drug-likeness (QED) is 0.145. The first kappa shape index (κ1) is 27.7. The Bertz CT molecular complexity index is 574. The van der Waals surface area contributed by atoms with E-state index in [1.165, 1.54) is 77.0 Å². The maximum atomic E-state index is 12.2. The number of rotatable bonds is 18. The fourth-order valence-corrected chi connectivity index (χ4v) is 4.03. The van der Waals surface area contributed by atoms with Crippen LogP contribution in [0.1, 0.15) is 129 Å². The molecule has 1 N–H and O–H groups in total. The zero-order valence-electron chi connectivity index (χ0n) is 20.6. The lowest BCUT2D eigenvalue weighted by atomic mass is 9.86. The van der Waals surface area contributed by atoms with Gasteiger partial charge >= 0.3 is 5.97 Å². The summed E-state index contributed by atoms with van der Waals surface area (Å²) in [7, 11) is 0. The van der Waals surface area contributed by atoms with Crippen LogP contribution in [-0.4, -0.2) is 17.7 Å². The van der Waals surface area contributed by atoms with Gasteiger partial charge in [-0.05, 0) is 24.3 Å². The van der Waals surface area contributed by atoms with Gasteiger partial charge in [0.2, 0.25) is 0 Å². The first-order valence-electron chi connectivity index (χ1n) is 12.9. The van der Waals surface area contributed by atoms with Gasteiger partial charge in [0.15, 0.2) is 0 Å². The second-order valence-electron chi connectivity index (χ2n) is 10.00. The summed E-state index contributed by atoms with van der Waals surface area (Å²) in [6, 6.07) is 7.88. The van der Waals surface area contributed by atoms with Gasteiger partial charge in [-0.1, -0.05) is 122 Å². The number of carbonyl (C=O) groups is 1. The summed E-state index contributed by atoms with van der Waals surface area (Å²) in [4.78, 5) is 12.2. The van der Waals surface area contributed by atoms with Crippen LogP contribution in [0.25, 0.3) is 0 Å². The molecular weight excluding hydrogens is 384 g/mol. The molecule has 0 aliphatic rings. The maximum Gasteiger partial charge on any atom is 0.311 e. The number of esters is 1. The molecule has 0 aliphatic carbocycles. The number of unbranched alkanes of at least 4 members (excludes halogenated alkanes) is 14. The van der Waals surface area contributed by atoms with Crippen LogP contribution in [0.5, 0.6) is 5.75 Å². The maximum absolute atomic E-state index is 12.2. The van der Waals surface area contributed by atoms with Crippen molar-refractivity contribution < 1.29 is 14.6 Å². The molecule has 0 atom stereocenters. The number of hydrogen-bond acceptors (Lipinski definition) is 3. The van der Waals surface area contributed by atoms with Gasteiger partial charge in [-0.2, -0.15) is 0 Å². The van der Waals surface area contributed by atoms with Crippen LogP contribution in [0.15, 0.2) is 24.3 Å². The Kier molecular flexibility index (Phi) is 15.4. The van der Waals surface area contributed by atoms with E-state index in [1.54, 1.807) is 0 Å². The third-order valence-corrected chi connectivity index (χ3v) is 5.96. The Morgan fingerprint density at radius 1 is 0.710 bits per heavy atom. The van der Waals surface area contributed by atoms with E-state index >= 15 is 0 Å². The van der Waals surface area contributed by atoms with Crippen LogP contribution in [-0.2, 0) is 10.2 Å². The predicted octanol–water partition coefficient (Wildman–Crippen LogP) is 8.12. The zero-order chi connectivity index (χ0) is 22.8. The molecular formula is C28H48O3. The number of ether oxygens (including phenoxy) is 1. The van der Waals surface area contributed by atoms with Crippen molar-refractivity contribution >= 4 is 5.97 Å². The highest BCUT2D eigenvalue weighted by molar-refractivity contribution is 5.72. The molecule has 0 heterocycles. The Morgan fingerprint density at radius 2 is 1.13 bits per heavy atom. The largest absolute Gasteiger partial charge is 0.426 e. The second-order valence-corrected chi connectivity index (χ2v) is 10.00. The van der Waals surface area contributed by atoms with E-state index in [1.807, 2.05) is 24.3 Å². The molecule has 0 aromatic heterocycles. The smallest absolute Gasteiger partial charge is 0.311 e. The van der Waals surface area contributed by atoms with Crippen molar-refractivity contribution in [1.82, 2.24) is 0 Å². The first-order chi connectivity index (χ1) is 14.9. The van der Waals surface area contributed by atoms with E-state index < -0.39 is 0 Å². The summed E-state index contributed by atoms with van der Waals surface area (Å²) in [5.74, 6) is 0.604. The van der Waals surface area contributed by atoms with Crippen LogP contribution in [0.3, 0.4) is 0 Å². The van der Waals surface area contributed by atoms with Gasteiger partial charge < -0.3 is 9.84 Å². The van der Waals surface area contributed by atoms with Crippen molar-refractivity contribution in [3.05, 3.63) is 29.8 Å². The van der Waals surface area contributed by atoms with Gasteiger partial charge in [0.05, 0.1) is 0 Å². The minimum Gasteiger partial charge on any atom is -0.426 e. The highest BCUT2D eigenvalue weighted by atomic mass is 16.5. The van der Waals surface area contributed by atoms with E-state index in [0.29, 0.717) is 18.8 Å². The average molecular weight is 433 g/mol. The Labute approximate surface area is 192 Å². The molecule has 0 saturated heterocycles. The summed E-state index contributed by atoms with van der Waals surface area (Å²) in [6.45, 7) is 6.77. The number of aliphatic hydroxyl groups excluding tert-OH is 1. The van der Waals surface area contributed by atoms with Gasteiger partial charge in [-0.3, -0.25) is 4.79 Å². The fraction of sp³-hybridized carbons (Fsp3) is 0.750. The lowest BCUT2D eigenvalue weighted by Crippen LogP contribution is -2.16. The number of para-hydroxylation sites is 1. The number of hydrogen-bond donors (Lipinski definition) is 1. The molecule has 0 unspecified atom stereocenters. The topological polar surface area (TPSA) is 46.5 Å².